The zero-order valence-electron chi connectivity index (χ0n) is 33.3. The molecule has 0 aliphatic carbocycles. The number of likely N-dealkylation sites (N-methyl/N-ethyl adjacent to an activating group) is 3. The van der Waals surface area contributed by atoms with E-state index in [9.17, 15) is 33.9 Å². The number of ether oxygens (including phenoxy) is 3. The fourth-order valence-corrected chi connectivity index (χ4v) is 6.92. The van der Waals surface area contributed by atoms with Crippen LogP contribution < -0.4 is 30.2 Å². The number of nitrogens with one attached hydrogen (secondary N) is 3. The maximum Gasteiger partial charge on any atom is 0.246 e. The standard InChI is InChI=1S/C41H50N6O10/c1-22-36(49)43-23(2)39(52)45(4)30(19-25-9-14-28(55-7)15-10-25)37(50)44-24(3)40(53)46(5)31-20-26-11-16-29(17-12-26)57-33-21-27(13-18-32(33)56-8)35(48)34(38(51)42-22)47(6)41(31)54/h9-18,21-24,30-31,34-35,48H,19-20H2,1-8H3,(H,42,51)(H,43,49)(H,44,50)/t22-,23+,24+,30-,31-,34-,35?/m0/s1. The molecule has 4 N–H and O–H groups in total. The fourth-order valence-electron chi connectivity index (χ4n) is 6.92. The molecule has 6 bridgehead atoms. The van der Waals surface area contributed by atoms with Crippen LogP contribution >= 0.6 is 0 Å². The van der Waals surface area contributed by atoms with Crippen LogP contribution in [0.2, 0.25) is 0 Å². The van der Waals surface area contributed by atoms with Gasteiger partial charge in [-0.05, 0) is 73.9 Å². The van der Waals surface area contributed by atoms with Gasteiger partial charge in [0.25, 0.3) is 0 Å². The van der Waals surface area contributed by atoms with Gasteiger partial charge in [0.2, 0.25) is 35.4 Å². The molecule has 3 aliphatic rings. The molecule has 6 amide bonds. The van der Waals surface area contributed by atoms with E-state index < -0.39 is 77.8 Å². The number of rotatable bonds is 4. The lowest BCUT2D eigenvalue weighted by atomic mass is 9.96. The van der Waals surface area contributed by atoms with E-state index in [0.29, 0.717) is 28.4 Å². The minimum atomic E-state index is -1.67. The highest BCUT2D eigenvalue weighted by Crippen LogP contribution is 2.36. The van der Waals surface area contributed by atoms with Crippen molar-refractivity contribution in [3.8, 4) is 23.0 Å². The number of aliphatic hydroxyl groups excluding tert-OH is 1. The van der Waals surface area contributed by atoms with Gasteiger partial charge >= 0.3 is 0 Å². The Bertz CT molecular complexity index is 1990. The molecule has 6 rings (SSSR count). The van der Waals surface area contributed by atoms with E-state index in [1.807, 2.05) is 0 Å². The van der Waals surface area contributed by atoms with Gasteiger partial charge in [-0.1, -0.05) is 30.3 Å². The van der Waals surface area contributed by atoms with E-state index in [-0.39, 0.29) is 24.2 Å². The lowest BCUT2D eigenvalue weighted by molar-refractivity contribution is -0.152. The number of amides is 6. The molecule has 1 saturated heterocycles. The van der Waals surface area contributed by atoms with Gasteiger partial charge in [0.05, 0.1) is 14.2 Å². The van der Waals surface area contributed by atoms with Gasteiger partial charge in [0, 0.05) is 34.0 Å². The van der Waals surface area contributed by atoms with Gasteiger partial charge in [-0.25, -0.2) is 0 Å². The summed E-state index contributed by atoms with van der Waals surface area (Å²) in [5.41, 5.74) is 1.50. The smallest absolute Gasteiger partial charge is 0.246 e. The molecular formula is C41H50N6O10. The molecule has 1 fully saturated rings. The van der Waals surface area contributed by atoms with Crippen molar-refractivity contribution in [2.45, 2.75) is 76.0 Å². The van der Waals surface area contributed by atoms with Gasteiger partial charge in [0.15, 0.2) is 11.5 Å². The van der Waals surface area contributed by atoms with Crippen molar-refractivity contribution in [3.05, 3.63) is 83.4 Å². The number of aliphatic hydroxyl groups is 1. The van der Waals surface area contributed by atoms with E-state index >= 15 is 0 Å². The normalized spacial score (nSPS) is 25.4. The van der Waals surface area contributed by atoms with E-state index in [0.717, 1.165) is 4.90 Å². The number of hydrogen-bond donors (Lipinski definition) is 4. The Morgan fingerprint density at radius 2 is 1.28 bits per heavy atom. The number of methoxy groups -OCH3 is 2. The lowest BCUT2D eigenvalue weighted by Gasteiger charge is -2.38. The Hall–Kier alpha value is -6.16. The van der Waals surface area contributed by atoms with Crippen molar-refractivity contribution in [3.63, 3.8) is 0 Å². The van der Waals surface area contributed by atoms with Crippen LogP contribution in [0.15, 0.2) is 66.7 Å². The first-order chi connectivity index (χ1) is 27.0. The van der Waals surface area contributed by atoms with Gasteiger partial charge < -0.3 is 50.0 Å². The zero-order valence-corrected chi connectivity index (χ0v) is 33.3. The SMILES string of the molecule is COc1ccc(C[C@H]2C(=O)N[C@H](C)C(=O)N(C)[C@H]3Cc4ccc(cc4)Oc4cc(ccc4OC)C(O)[C@@H](C(=O)N[C@@H](C)C(=O)N[C@H](C)C(=O)N2C)N(C)C3=O)cc1. The number of carbonyl (C=O) groups excluding carboxylic acids is 6. The highest BCUT2D eigenvalue weighted by Gasteiger charge is 2.42. The molecular weight excluding hydrogens is 736 g/mol. The predicted molar refractivity (Wildman–Crippen MR) is 207 cm³/mol. The minimum absolute atomic E-state index is 0.0283. The summed E-state index contributed by atoms with van der Waals surface area (Å²) in [5, 5.41) is 19.8. The van der Waals surface area contributed by atoms with Crippen molar-refractivity contribution >= 4 is 35.4 Å². The van der Waals surface area contributed by atoms with Crippen LogP contribution in [0.25, 0.3) is 0 Å². The van der Waals surface area contributed by atoms with Crippen molar-refractivity contribution in [2.75, 3.05) is 35.4 Å². The van der Waals surface area contributed by atoms with Crippen molar-refractivity contribution in [1.82, 2.24) is 30.7 Å². The molecule has 57 heavy (non-hydrogen) atoms. The molecule has 3 aromatic rings. The van der Waals surface area contributed by atoms with Crippen LogP contribution in [-0.2, 0) is 41.6 Å². The molecule has 0 aromatic heterocycles. The number of carbonyl (C=O) groups is 6. The molecule has 3 aromatic carbocycles. The highest BCUT2D eigenvalue weighted by molar-refractivity contribution is 5.98. The summed E-state index contributed by atoms with van der Waals surface area (Å²) in [5.74, 6) is -2.65. The van der Waals surface area contributed by atoms with Crippen molar-refractivity contribution in [2.24, 2.45) is 0 Å². The summed E-state index contributed by atoms with van der Waals surface area (Å²) < 4.78 is 16.9. The third kappa shape index (κ3) is 9.28. The first kappa shape index (κ1) is 42.0. The van der Waals surface area contributed by atoms with Crippen molar-refractivity contribution in [1.29, 1.82) is 0 Å². The molecule has 1 unspecified atom stereocenters. The molecule has 16 nitrogen and oxygen atoms in total. The Morgan fingerprint density at radius 1 is 0.684 bits per heavy atom. The Labute approximate surface area is 331 Å². The van der Waals surface area contributed by atoms with Crippen LogP contribution in [-0.4, -0.2) is 127 Å². The number of fused-ring (bicyclic) bond motifs is 2. The van der Waals surface area contributed by atoms with Gasteiger partial charge in [-0.3, -0.25) is 28.8 Å². The molecule has 0 spiro atoms. The summed E-state index contributed by atoms with van der Waals surface area (Å²) in [7, 11) is 7.14. The maximum atomic E-state index is 14.7. The van der Waals surface area contributed by atoms with Crippen LogP contribution in [0.4, 0.5) is 0 Å². The third-order valence-electron chi connectivity index (χ3n) is 10.5. The lowest BCUT2D eigenvalue weighted by Crippen LogP contribution is -2.62. The van der Waals surface area contributed by atoms with Crippen LogP contribution in [0.1, 0.15) is 43.6 Å². The average Bonchev–Trinajstić information content (AvgIpc) is 3.20. The third-order valence-corrected chi connectivity index (χ3v) is 10.5. The molecule has 16 heteroatoms. The quantitative estimate of drug-likeness (QED) is 0.300. The largest absolute Gasteiger partial charge is 0.497 e. The number of nitrogens with zero attached hydrogens (tertiary/aromatic N) is 3. The van der Waals surface area contributed by atoms with Gasteiger partial charge in [-0.15, -0.1) is 0 Å². The van der Waals surface area contributed by atoms with Crippen LogP contribution in [0.5, 0.6) is 23.0 Å². The maximum absolute atomic E-state index is 14.7. The van der Waals surface area contributed by atoms with Crippen molar-refractivity contribution < 1.29 is 48.1 Å². The van der Waals surface area contributed by atoms with Gasteiger partial charge in [0.1, 0.15) is 53.9 Å². The second-order valence-corrected chi connectivity index (χ2v) is 14.4. The second kappa shape index (κ2) is 17.7. The summed E-state index contributed by atoms with van der Waals surface area (Å²) in [6.07, 6.45) is -1.65. The molecule has 304 valence electrons. The van der Waals surface area contributed by atoms with E-state index in [1.54, 1.807) is 54.6 Å². The number of benzene rings is 3. The van der Waals surface area contributed by atoms with Crippen LogP contribution in [0, 0.1) is 0 Å². The summed E-state index contributed by atoms with van der Waals surface area (Å²) in [6.45, 7) is 4.30. The molecule has 7 atom stereocenters. The first-order valence-corrected chi connectivity index (χ1v) is 18.5. The first-order valence-electron chi connectivity index (χ1n) is 18.5. The average molecular weight is 787 g/mol. The highest BCUT2D eigenvalue weighted by atomic mass is 16.5. The monoisotopic (exact) mass is 786 g/mol. The summed E-state index contributed by atoms with van der Waals surface area (Å²) >= 11 is 0. The Balaban J connectivity index is 1.60. The van der Waals surface area contributed by atoms with Gasteiger partial charge in [-0.2, -0.15) is 0 Å². The summed E-state index contributed by atoms with van der Waals surface area (Å²) in [4.78, 5) is 88.0. The topological polar surface area (TPSA) is 196 Å². The molecule has 0 radical (unpaired) electrons. The number of hydrogen-bond acceptors (Lipinski definition) is 10. The second-order valence-electron chi connectivity index (χ2n) is 14.4. The Morgan fingerprint density at radius 3 is 1.89 bits per heavy atom. The zero-order chi connectivity index (χ0) is 41.7. The predicted octanol–water partition coefficient (Wildman–Crippen LogP) is 1.34. The van der Waals surface area contributed by atoms with Crippen LogP contribution in [0.3, 0.4) is 0 Å². The fraction of sp³-hybridized carbons (Fsp3) is 0.415. The Kier molecular flexibility index (Phi) is 13.1. The minimum Gasteiger partial charge on any atom is -0.497 e. The molecule has 3 heterocycles. The van der Waals surface area contributed by atoms with E-state index in [4.69, 9.17) is 14.2 Å². The van der Waals surface area contributed by atoms with E-state index in [1.165, 1.54) is 78.1 Å². The van der Waals surface area contributed by atoms with E-state index in [2.05, 4.69) is 16.0 Å². The molecule has 0 saturated carbocycles. The molecule has 3 aliphatic heterocycles. The summed E-state index contributed by atoms with van der Waals surface area (Å²) in [6, 6.07) is 10.7.